The quantitative estimate of drug-likeness (QED) is 0.658. The molecule has 0 aliphatic heterocycles. The fourth-order valence-corrected chi connectivity index (χ4v) is 4.72. The van der Waals surface area contributed by atoms with Gasteiger partial charge in [0.2, 0.25) is 10.0 Å². The topological polar surface area (TPSA) is 84.5 Å². The van der Waals surface area contributed by atoms with Gasteiger partial charge < -0.3 is 10.1 Å². The fraction of sp³-hybridized carbons (Fsp3) is 0.409. The number of aryl methyl sites for hydroxylation is 1. The number of amides is 1. The molecule has 0 unspecified atom stereocenters. The van der Waals surface area contributed by atoms with Gasteiger partial charge in [-0.3, -0.25) is 4.79 Å². The van der Waals surface area contributed by atoms with Crippen molar-refractivity contribution in [3.05, 3.63) is 59.7 Å². The molecule has 1 fully saturated rings. The summed E-state index contributed by atoms with van der Waals surface area (Å²) in [6.45, 7) is 2.39. The van der Waals surface area contributed by atoms with Crippen LogP contribution in [0.15, 0.2) is 53.4 Å². The number of hydrogen-bond donors (Lipinski definition) is 2. The molecule has 1 saturated carbocycles. The first kappa shape index (κ1) is 21.3. The van der Waals surface area contributed by atoms with Crippen LogP contribution in [-0.2, 0) is 21.2 Å². The normalized spacial score (nSPS) is 14.7. The fourth-order valence-electron chi connectivity index (χ4n) is 3.42. The molecule has 1 aliphatic rings. The van der Waals surface area contributed by atoms with Gasteiger partial charge in [0.05, 0.1) is 4.90 Å². The third kappa shape index (κ3) is 6.58. The summed E-state index contributed by atoms with van der Waals surface area (Å²) in [5, 5.41) is 2.81. The van der Waals surface area contributed by atoms with E-state index >= 15 is 0 Å². The summed E-state index contributed by atoms with van der Waals surface area (Å²) in [4.78, 5) is 12.2. The molecule has 0 aromatic heterocycles. The first-order chi connectivity index (χ1) is 13.9. The van der Waals surface area contributed by atoms with Gasteiger partial charge in [0.1, 0.15) is 5.75 Å². The van der Waals surface area contributed by atoms with Crippen LogP contribution in [0.4, 0.5) is 0 Å². The van der Waals surface area contributed by atoms with E-state index in [0.29, 0.717) is 18.7 Å². The molecule has 0 saturated heterocycles. The van der Waals surface area contributed by atoms with Crippen LogP contribution < -0.4 is 14.8 Å². The predicted molar refractivity (Wildman–Crippen MR) is 112 cm³/mol. The molecule has 6 nitrogen and oxygen atoms in total. The third-order valence-electron chi connectivity index (χ3n) is 5.01. The highest BCUT2D eigenvalue weighted by molar-refractivity contribution is 7.89. The van der Waals surface area contributed by atoms with Gasteiger partial charge in [-0.1, -0.05) is 37.1 Å². The molecule has 0 bridgehead atoms. The zero-order chi connectivity index (χ0) is 20.7. The van der Waals surface area contributed by atoms with E-state index in [2.05, 4.69) is 10.0 Å². The maximum Gasteiger partial charge on any atom is 0.257 e. The van der Waals surface area contributed by atoms with Gasteiger partial charge >= 0.3 is 0 Å². The average Bonchev–Trinajstić information content (AvgIpc) is 3.19. The second-order valence-corrected chi connectivity index (χ2v) is 9.17. The summed E-state index contributed by atoms with van der Waals surface area (Å²) < 4.78 is 33.1. The molecule has 1 amide bonds. The molecule has 29 heavy (non-hydrogen) atoms. The molecular weight excluding hydrogens is 388 g/mol. The number of carbonyl (C=O) groups excluding carboxylic acids is 1. The van der Waals surface area contributed by atoms with Gasteiger partial charge in [-0.15, -0.1) is 0 Å². The highest BCUT2D eigenvalue weighted by Gasteiger charge is 2.22. The molecule has 2 N–H and O–H groups in total. The van der Waals surface area contributed by atoms with E-state index in [4.69, 9.17) is 4.74 Å². The van der Waals surface area contributed by atoms with Crippen molar-refractivity contribution in [3.8, 4) is 5.75 Å². The van der Waals surface area contributed by atoms with Crippen LogP contribution in [0.25, 0.3) is 0 Å². The number of sulfonamides is 1. The lowest BCUT2D eigenvalue weighted by Crippen LogP contribution is -2.32. The average molecular weight is 417 g/mol. The summed E-state index contributed by atoms with van der Waals surface area (Å²) in [5.41, 5.74) is 2.04. The van der Waals surface area contributed by atoms with Crippen molar-refractivity contribution in [2.75, 3.05) is 13.2 Å². The number of benzene rings is 2. The van der Waals surface area contributed by atoms with E-state index in [1.807, 2.05) is 31.2 Å². The number of hydrogen-bond acceptors (Lipinski definition) is 4. The maximum absolute atomic E-state index is 12.4. The van der Waals surface area contributed by atoms with Gasteiger partial charge in [0.25, 0.3) is 5.91 Å². The van der Waals surface area contributed by atoms with Crippen LogP contribution in [0, 0.1) is 6.92 Å². The van der Waals surface area contributed by atoms with E-state index in [9.17, 15) is 13.2 Å². The van der Waals surface area contributed by atoms with Crippen LogP contribution in [0.5, 0.6) is 5.75 Å². The summed E-state index contributed by atoms with van der Waals surface area (Å²) in [5.74, 6) is 0.481. The molecule has 0 atom stereocenters. The van der Waals surface area contributed by atoms with Crippen LogP contribution in [0.3, 0.4) is 0 Å². The Morgan fingerprint density at radius 3 is 2.52 bits per heavy atom. The molecule has 0 heterocycles. The molecule has 156 valence electrons. The van der Waals surface area contributed by atoms with Crippen molar-refractivity contribution >= 4 is 15.9 Å². The molecule has 7 heteroatoms. The second kappa shape index (κ2) is 9.89. The lowest BCUT2D eigenvalue weighted by molar-refractivity contribution is -0.123. The zero-order valence-corrected chi connectivity index (χ0v) is 17.5. The van der Waals surface area contributed by atoms with Gasteiger partial charge in [-0.2, -0.15) is 0 Å². The van der Waals surface area contributed by atoms with Crippen molar-refractivity contribution in [2.24, 2.45) is 0 Å². The summed E-state index contributed by atoms with van der Waals surface area (Å²) in [6.07, 6.45) is 4.59. The Hall–Kier alpha value is -2.38. The molecule has 0 spiro atoms. The SMILES string of the molecule is Cc1cccc(OCC(=O)NCCc2ccc(S(=O)(=O)NC3CCCC3)cc2)c1. The smallest absolute Gasteiger partial charge is 0.257 e. The Morgan fingerprint density at radius 1 is 1.10 bits per heavy atom. The minimum absolute atomic E-state index is 0.0343. The molecule has 0 radical (unpaired) electrons. The molecule has 2 aromatic rings. The Balaban J connectivity index is 1.42. The minimum atomic E-state index is -3.47. The van der Waals surface area contributed by atoms with E-state index in [0.717, 1.165) is 36.8 Å². The Morgan fingerprint density at radius 2 is 1.83 bits per heavy atom. The second-order valence-electron chi connectivity index (χ2n) is 7.45. The molecule has 1 aliphatic carbocycles. The minimum Gasteiger partial charge on any atom is -0.484 e. The number of rotatable bonds is 9. The van der Waals surface area contributed by atoms with Gasteiger partial charge in [0, 0.05) is 12.6 Å². The molecule has 2 aromatic carbocycles. The van der Waals surface area contributed by atoms with Crippen molar-refractivity contribution in [1.29, 1.82) is 0 Å². The first-order valence-corrected chi connectivity index (χ1v) is 11.5. The Bertz CT molecular complexity index is 920. The Kier molecular flexibility index (Phi) is 7.28. The highest BCUT2D eigenvalue weighted by atomic mass is 32.2. The van der Waals surface area contributed by atoms with E-state index < -0.39 is 10.0 Å². The largest absolute Gasteiger partial charge is 0.484 e. The predicted octanol–water partition coefficient (Wildman–Crippen LogP) is 2.95. The number of ether oxygens (including phenoxy) is 1. The highest BCUT2D eigenvalue weighted by Crippen LogP contribution is 2.20. The van der Waals surface area contributed by atoms with E-state index in [-0.39, 0.29) is 23.5 Å². The zero-order valence-electron chi connectivity index (χ0n) is 16.7. The first-order valence-electron chi connectivity index (χ1n) is 10.00. The van der Waals surface area contributed by atoms with E-state index in [1.165, 1.54) is 0 Å². The standard InChI is InChI=1S/C22H28N2O4S/c1-17-5-4-8-20(15-17)28-16-22(25)23-14-13-18-9-11-21(12-10-18)29(26,27)24-19-6-2-3-7-19/h4-5,8-12,15,19,24H,2-3,6-7,13-14,16H2,1H3,(H,23,25). The summed E-state index contributed by atoms with van der Waals surface area (Å²) >= 11 is 0. The van der Waals surface area contributed by atoms with Crippen molar-refractivity contribution in [2.45, 2.75) is 50.0 Å². The Labute approximate surface area is 172 Å². The van der Waals surface area contributed by atoms with Crippen molar-refractivity contribution < 1.29 is 17.9 Å². The van der Waals surface area contributed by atoms with Crippen molar-refractivity contribution in [1.82, 2.24) is 10.0 Å². The van der Waals surface area contributed by atoms with Gasteiger partial charge in [0.15, 0.2) is 6.61 Å². The number of nitrogens with one attached hydrogen (secondary N) is 2. The lowest BCUT2D eigenvalue weighted by Gasteiger charge is -2.13. The maximum atomic E-state index is 12.4. The van der Waals surface area contributed by atoms with Crippen LogP contribution >= 0.6 is 0 Å². The summed E-state index contributed by atoms with van der Waals surface area (Å²) in [7, 11) is -3.47. The summed E-state index contributed by atoms with van der Waals surface area (Å²) in [6, 6.07) is 14.4. The number of carbonyl (C=O) groups is 1. The van der Waals surface area contributed by atoms with Crippen LogP contribution in [0.1, 0.15) is 36.8 Å². The molecule has 3 rings (SSSR count). The van der Waals surface area contributed by atoms with Crippen LogP contribution in [0.2, 0.25) is 0 Å². The molecular formula is C22H28N2O4S. The monoisotopic (exact) mass is 416 g/mol. The lowest BCUT2D eigenvalue weighted by atomic mass is 10.1. The third-order valence-corrected chi connectivity index (χ3v) is 6.54. The van der Waals surface area contributed by atoms with Crippen LogP contribution in [-0.4, -0.2) is 33.5 Å². The van der Waals surface area contributed by atoms with Crippen molar-refractivity contribution in [3.63, 3.8) is 0 Å². The van der Waals surface area contributed by atoms with Gasteiger partial charge in [-0.25, -0.2) is 13.1 Å². The van der Waals surface area contributed by atoms with E-state index in [1.54, 1.807) is 24.3 Å². The van der Waals surface area contributed by atoms with Gasteiger partial charge in [-0.05, 0) is 61.6 Å².